The van der Waals surface area contributed by atoms with Gasteiger partial charge in [-0.1, -0.05) is 47.5 Å². The number of ether oxygens (including phenoxy) is 1. The number of halogens is 2. The number of hydrogen-bond donors (Lipinski definition) is 0. The second-order valence-corrected chi connectivity index (χ2v) is 12.9. The quantitative estimate of drug-likeness (QED) is 0.169. The second kappa shape index (κ2) is 15.9. The molecule has 0 saturated carbocycles. The maximum Gasteiger partial charge on any atom is 0.239 e. The Morgan fingerprint density at radius 3 is 1.67 bits per heavy atom. The molecule has 0 bridgehead atoms. The minimum Gasteiger partial charge on any atom is -0.381 e. The van der Waals surface area contributed by atoms with Crippen LogP contribution in [0, 0.1) is 13.8 Å². The molecule has 4 aromatic carbocycles. The summed E-state index contributed by atoms with van der Waals surface area (Å²) in [5, 5.41) is 18.2. The molecular weight excluding hydrogens is 682 g/mol. The van der Waals surface area contributed by atoms with Crippen molar-refractivity contribution < 1.29 is 9.53 Å². The molecule has 10 nitrogen and oxygen atoms in total. The van der Waals surface area contributed by atoms with Crippen molar-refractivity contribution >= 4 is 60.3 Å². The highest BCUT2D eigenvalue weighted by Gasteiger charge is 2.29. The minimum atomic E-state index is -0.0501. The lowest BCUT2D eigenvalue weighted by atomic mass is 10.2. The summed E-state index contributed by atoms with van der Waals surface area (Å²) in [5.41, 5.74) is 5.89. The Labute approximate surface area is 309 Å². The topological polar surface area (TPSA) is 94.2 Å². The fourth-order valence-electron chi connectivity index (χ4n) is 6.39. The Kier molecular flexibility index (Phi) is 11.2. The van der Waals surface area contributed by atoms with E-state index in [1.54, 1.807) is 17.0 Å². The van der Waals surface area contributed by atoms with Crippen LogP contribution in [-0.4, -0.2) is 63.6 Å². The van der Waals surface area contributed by atoms with Gasteiger partial charge in [0, 0.05) is 56.0 Å². The Bertz CT molecular complexity index is 2110. The van der Waals surface area contributed by atoms with Gasteiger partial charge in [0.1, 0.15) is 23.3 Å². The van der Waals surface area contributed by atoms with Crippen molar-refractivity contribution in [2.75, 3.05) is 29.6 Å². The monoisotopic (exact) mass is 717 g/mol. The van der Waals surface area contributed by atoms with E-state index in [4.69, 9.17) is 27.9 Å². The Morgan fingerprint density at radius 1 is 0.608 bits per heavy atom. The molecule has 3 aliphatic rings. The molecule has 0 N–H and O–H groups in total. The van der Waals surface area contributed by atoms with E-state index in [0.717, 1.165) is 82.8 Å². The summed E-state index contributed by atoms with van der Waals surface area (Å²) in [4.78, 5) is 16.9. The van der Waals surface area contributed by atoms with Crippen LogP contribution in [0.15, 0.2) is 97.1 Å². The zero-order valence-corrected chi connectivity index (χ0v) is 29.9. The fraction of sp³-hybridized carbons (Fsp3) is 0.237. The number of aryl methyl sites for hydroxylation is 2. The molecular formula is C38H36BCl2N8O2. The first-order valence-corrected chi connectivity index (χ1v) is 17.3. The van der Waals surface area contributed by atoms with Crippen LogP contribution < -0.4 is 9.80 Å². The summed E-state index contributed by atoms with van der Waals surface area (Å²) in [6, 6.07) is 31.3. The number of nitrogens with zero attached hydrogens (tertiary/aromatic N) is 8. The van der Waals surface area contributed by atoms with E-state index in [1.807, 2.05) is 73.0 Å². The highest BCUT2D eigenvalue weighted by molar-refractivity contribution is 6.31. The lowest BCUT2D eigenvalue weighted by Crippen LogP contribution is -2.26. The van der Waals surface area contributed by atoms with Crippen LogP contribution in [0.5, 0.6) is 0 Å². The van der Waals surface area contributed by atoms with Crippen LogP contribution in [0.1, 0.15) is 36.1 Å². The van der Waals surface area contributed by atoms with Crippen molar-refractivity contribution in [2.24, 2.45) is 0 Å². The van der Waals surface area contributed by atoms with Gasteiger partial charge in [-0.25, -0.2) is 0 Å². The molecule has 13 heteroatoms. The SMILES string of the molecule is C1CCOC1.Cc1nnc2n1-c1ccccc1N(c1ccc(Cl)cc1)C(=O)C2.Cc1nnc2n1-c1ccccc1N(c1ccc(Cl)cc1)CC2.[B]. The first-order valence-electron chi connectivity index (χ1n) is 16.6. The largest absolute Gasteiger partial charge is 0.381 e. The number of hydrogen-bond acceptors (Lipinski definition) is 7. The van der Waals surface area contributed by atoms with Crippen molar-refractivity contribution in [1.82, 2.24) is 29.5 Å². The summed E-state index contributed by atoms with van der Waals surface area (Å²) in [7, 11) is 0. The number of amides is 1. The van der Waals surface area contributed by atoms with E-state index < -0.39 is 0 Å². The highest BCUT2D eigenvalue weighted by atomic mass is 35.5. The molecule has 257 valence electrons. The molecule has 0 unspecified atom stereocenters. The van der Waals surface area contributed by atoms with E-state index >= 15 is 0 Å². The molecule has 1 saturated heterocycles. The van der Waals surface area contributed by atoms with Gasteiger partial charge < -0.3 is 9.64 Å². The molecule has 9 rings (SSSR count). The lowest BCUT2D eigenvalue weighted by molar-refractivity contribution is -0.117. The third kappa shape index (κ3) is 7.56. The van der Waals surface area contributed by atoms with E-state index in [2.05, 4.69) is 60.2 Å². The summed E-state index contributed by atoms with van der Waals surface area (Å²) in [6.07, 6.45) is 3.59. The normalized spacial score (nSPS) is 14.2. The van der Waals surface area contributed by atoms with Crippen LogP contribution in [0.25, 0.3) is 11.4 Å². The van der Waals surface area contributed by atoms with E-state index in [0.29, 0.717) is 10.8 Å². The molecule has 6 aromatic rings. The van der Waals surface area contributed by atoms with Gasteiger partial charge in [-0.3, -0.25) is 18.8 Å². The van der Waals surface area contributed by atoms with Gasteiger partial charge in [0.2, 0.25) is 5.91 Å². The standard InChI is InChI=1S/C17H13ClN4O.C17H15ClN4.C4H8O.B/c1-11-19-20-16-10-17(23)22(13-8-6-12(18)7-9-13)15-5-3-2-4-14(15)21(11)16;1-12-19-20-17-10-11-21(14-8-6-13(18)7-9-14)15-4-2-3-5-16(15)22(12)17;1-2-4-5-3-1;/h2-9H,10H2,1H3;2-9H,10-11H2,1H3;1-4H2;. The lowest BCUT2D eigenvalue weighted by Gasteiger charge is -2.25. The van der Waals surface area contributed by atoms with Gasteiger partial charge in [0.05, 0.1) is 29.2 Å². The summed E-state index contributed by atoms with van der Waals surface area (Å²) in [5.74, 6) is 3.28. The number of rotatable bonds is 2. The highest BCUT2D eigenvalue weighted by Crippen LogP contribution is 2.37. The van der Waals surface area contributed by atoms with Gasteiger partial charge in [-0.2, -0.15) is 0 Å². The van der Waals surface area contributed by atoms with Gasteiger partial charge in [-0.05, 0) is 99.5 Å². The van der Waals surface area contributed by atoms with Crippen molar-refractivity contribution in [3.63, 3.8) is 0 Å². The minimum absolute atomic E-state index is 0. The van der Waals surface area contributed by atoms with Crippen molar-refractivity contribution in [2.45, 2.75) is 39.5 Å². The van der Waals surface area contributed by atoms with Crippen LogP contribution in [0.3, 0.4) is 0 Å². The molecule has 0 aliphatic carbocycles. The number of fused-ring (bicyclic) bond motifs is 6. The average molecular weight is 718 g/mol. The van der Waals surface area contributed by atoms with Crippen LogP contribution in [-0.2, 0) is 22.4 Å². The van der Waals surface area contributed by atoms with Crippen LogP contribution >= 0.6 is 23.2 Å². The molecule has 0 atom stereocenters. The number of benzene rings is 4. The predicted octanol–water partition coefficient (Wildman–Crippen LogP) is 7.79. The number of anilines is 4. The first-order chi connectivity index (χ1) is 24.4. The molecule has 0 spiro atoms. The third-order valence-electron chi connectivity index (χ3n) is 8.73. The van der Waals surface area contributed by atoms with Crippen LogP contribution in [0.4, 0.5) is 22.7 Å². The second-order valence-electron chi connectivity index (χ2n) is 12.1. The van der Waals surface area contributed by atoms with Crippen LogP contribution in [0.2, 0.25) is 10.0 Å². The smallest absolute Gasteiger partial charge is 0.239 e. The molecule has 1 fully saturated rings. The van der Waals surface area contributed by atoms with Crippen molar-refractivity contribution in [3.05, 3.63) is 130 Å². The Morgan fingerprint density at radius 2 is 1.10 bits per heavy atom. The number of carbonyl (C=O) groups excluding carboxylic acids is 1. The van der Waals surface area contributed by atoms with E-state index in [-0.39, 0.29) is 20.7 Å². The summed E-state index contributed by atoms with van der Waals surface area (Å²) < 4.78 is 9.02. The van der Waals surface area contributed by atoms with Gasteiger partial charge in [0.15, 0.2) is 0 Å². The fourth-order valence-corrected chi connectivity index (χ4v) is 6.65. The summed E-state index contributed by atoms with van der Waals surface area (Å²) >= 11 is 12.0. The van der Waals surface area contributed by atoms with E-state index in [1.165, 1.54) is 12.8 Å². The number of aromatic nitrogens is 6. The first kappa shape index (κ1) is 35.8. The number of para-hydroxylation sites is 4. The molecule has 3 aliphatic heterocycles. The summed E-state index contributed by atoms with van der Waals surface area (Å²) in [6.45, 7) is 6.73. The molecule has 1 amide bonds. The van der Waals surface area contributed by atoms with Crippen molar-refractivity contribution in [3.8, 4) is 11.4 Å². The zero-order valence-electron chi connectivity index (χ0n) is 28.4. The van der Waals surface area contributed by atoms with Crippen molar-refractivity contribution in [1.29, 1.82) is 0 Å². The van der Waals surface area contributed by atoms with Gasteiger partial charge >= 0.3 is 0 Å². The molecule has 51 heavy (non-hydrogen) atoms. The maximum atomic E-state index is 12.8. The average Bonchev–Trinajstić information content (AvgIpc) is 3.87. The Balaban J connectivity index is 0.000000152. The van der Waals surface area contributed by atoms with E-state index in [9.17, 15) is 4.79 Å². The molecule has 2 aromatic heterocycles. The predicted molar refractivity (Wildman–Crippen MR) is 202 cm³/mol. The third-order valence-corrected chi connectivity index (χ3v) is 9.23. The number of carbonyl (C=O) groups is 1. The van der Waals surface area contributed by atoms with Gasteiger partial charge in [0.25, 0.3) is 0 Å². The zero-order chi connectivity index (χ0) is 34.6. The Hall–Kier alpha value is -4.97. The van der Waals surface area contributed by atoms with Gasteiger partial charge in [-0.15, -0.1) is 20.4 Å². The molecule has 3 radical (unpaired) electrons. The molecule has 5 heterocycles. The maximum absolute atomic E-state index is 12.8.